The molecule has 3 unspecified atom stereocenters. The molecule has 0 radical (unpaired) electrons. The molecule has 0 aromatic heterocycles. The van der Waals surface area contributed by atoms with Crippen LogP contribution in [0, 0.1) is 22.7 Å². The van der Waals surface area contributed by atoms with Crippen LogP contribution in [0.15, 0.2) is 34.9 Å². The first-order valence-electron chi connectivity index (χ1n) is 11.8. The third kappa shape index (κ3) is 3.66. The number of hydrogen-bond acceptors (Lipinski definition) is 4. The number of aliphatic hydroxyl groups excluding tert-OH is 2. The Balaban J connectivity index is 1.54. The minimum Gasteiger partial charge on any atom is -0.393 e. The maximum absolute atomic E-state index is 11.0. The molecule has 7 atom stereocenters. The van der Waals surface area contributed by atoms with Crippen LogP contribution in [0.2, 0.25) is 0 Å². The molecule has 0 heterocycles. The molecular formula is C26H40O3S. The zero-order valence-electron chi connectivity index (χ0n) is 19.3. The van der Waals surface area contributed by atoms with E-state index in [2.05, 4.69) is 39.0 Å². The van der Waals surface area contributed by atoms with Crippen molar-refractivity contribution in [2.45, 2.75) is 96.2 Å². The zero-order chi connectivity index (χ0) is 21.9. The highest BCUT2D eigenvalue weighted by atomic mass is 32.2. The smallest absolute Gasteiger partial charge is 0.0661 e. The Morgan fingerprint density at radius 3 is 2.63 bits per heavy atom. The van der Waals surface area contributed by atoms with E-state index in [-0.39, 0.29) is 10.8 Å². The Labute approximate surface area is 186 Å². The van der Waals surface area contributed by atoms with Gasteiger partial charge >= 0.3 is 0 Å². The number of rotatable bonds is 5. The molecule has 0 aromatic carbocycles. The van der Waals surface area contributed by atoms with Gasteiger partial charge in [-0.05, 0) is 75.9 Å². The van der Waals surface area contributed by atoms with Gasteiger partial charge in [0.2, 0.25) is 0 Å². The first-order valence-corrected chi connectivity index (χ1v) is 12.8. The average molecular weight is 433 g/mol. The Hall–Kier alpha value is -0.550. The lowest BCUT2D eigenvalue weighted by Gasteiger charge is -2.56. The molecule has 2 saturated carbocycles. The van der Waals surface area contributed by atoms with E-state index in [9.17, 15) is 15.3 Å². The van der Waals surface area contributed by atoms with Crippen molar-refractivity contribution in [1.82, 2.24) is 0 Å². The summed E-state index contributed by atoms with van der Waals surface area (Å²) in [5.74, 6) is 1.90. The third-order valence-electron chi connectivity index (χ3n) is 8.81. The predicted octanol–water partition coefficient (Wildman–Crippen LogP) is 5.02. The second-order valence-electron chi connectivity index (χ2n) is 11.3. The van der Waals surface area contributed by atoms with Gasteiger partial charge in [-0.25, -0.2) is 0 Å². The average Bonchev–Trinajstić information content (AvgIpc) is 2.99. The minimum atomic E-state index is -0.595. The van der Waals surface area contributed by atoms with Gasteiger partial charge in [-0.1, -0.05) is 48.8 Å². The van der Waals surface area contributed by atoms with Crippen LogP contribution in [0.5, 0.6) is 0 Å². The topological polar surface area (TPSA) is 60.7 Å². The predicted molar refractivity (Wildman–Crippen MR) is 125 cm³/mol. The van der Waals surface area contributed by atoms with Gasteiger partial charge in [-0.2, -0.15) is 11.8 Å². The number of allylic oxidation sites excluding steroid dienone is 4. The molecule has 0 bridgehead atoms. The van der Waals surface area contributed by atoms with Crippen molar-refractivity contribution in [3.05, 3.63) is 34.9 Å². The largest absolute Gasteiger partial charge is 0.393 e. The third-order valence-corrected chi connectivity index (χ3v) is 10.0. The second kappa shape index (κ2) is 7.79. The fraction of sp³-hybridized carbons (Fsp3) is 0.769. The van der Waals surface area contributed by atoms with Gasteiger partial charge in [-0.15, -0.1) is 0 Å². The summed E-state index contributed by atoms with van der Waals surface area (Å²) in [5, 5.41) is 31.7. The molecule has 3 N–H and O–H groups in total. The van der Waals surface area contributed by atoms with E-state index in [0.717, 1.165) is 25.0 Å². The van der Waals surface area contributed by atoms with Crippen LogP contribution >= 0.6 is 11.8 Å². The van der Waals surface area contributed by atoms with Crippen LogP contribution in [0.1, 0.15) is 73.1 Å². The van der Waals surface area contributed by atoms with Crippen LogP contribution in [-0.4, -0.2) is 44.1 Å². The summed E-state index contributed by atoms with van der Waals surface area (Å²) < 4.78 is 0. The van der Waals surface area contributed by atoms with Crippen molar-refractivity contribution in [2.24, 2.45) is 22.7 Å². The molecule has 0 spiro atoms. The molecule has 0 saturated heterocycles. The van der Waals surface area contributed by atoms with Crippen LogP contribution in [0.3, 0.4) is 0 Å². The fourth-order valence-electron chi connectivity index (χ4n) is 6.87. The molecule has 4 aliphatic carbocycles. The quantitative estimate of drug-likeness (QED) is 0.534. The van der Waals surface area contributed by atoms with Gasteiger partial charge in [0.05, 0.1) is 17.8 Å². The molecule has 3 nitrogen and oxygen atoms in total. The molecule has 168 valence electrons. The summed E-state index contributed by atoms with van der Waals surface area (Å²) in [5.41, 5.74) is 3.75. The minimum absolute atomic E-state index is 0.199. The molecule has 0 amide bonds. The van der Waals surface area contributed by atoms with Crippen molar-refractivity contribution in [1.29, 1.82) is 0 Å². The van der Waals surface area contributed by atoms with E-state index >= 15 is 0 Å². The maximum Gasteiger partial charge on any atom is 0.0661 e. The van der Waals surface area contributed by atoms with E-state index < -0.39 is 17.8 Å². The standard InChI is InChI=1S/C26H40O3S/c1-16(30-13-12-24(2,3)29)20-8-9-21-19-7-6-17-14-18(27)15-23(28)26(17,5)22(19)10-11-25(20,21)4/h6-8,16,18,21-23,27-29H,9-15H2,1-5H3/t16?,18?,21-,22-,23?,25+,26-/m0/s1. The lowest BCUT2D eigenvalue weighted by atomic mass is 9.50. The van der Waals surface area contributed by atoms with Gasteiger partial charge in [0, 0.05) is 17.1 Å². The lowest BCUT2D eigenvalue weighted by Crippen LogP contribution is -2.52. The molecule has 30 heavy (non-hydrogen) atoms. The van der Waals surface area contributed by atoms with Gasteiger partial charge in [0.25, 0.3) is 0 Å². The normalized spacial score (nSPS) is 41.8. The van der Waals surface area contributed by atoms with E-state index in [1.165, 1.54) is 17.6 Å². The number of fused-ring (bicyclic) bond motifs is 5. The second-order valence-corrected chi connectivity index (χ2v) is 12.7. The zero-order valence-corrected chi connectivity index (χ0v) is 20.1. The van der Waals surface area contributed by atoms with E-state index in [4.69, 9.17) is 0 Å². The summed E-state index contributed by atoms with van der Waals surface area (Å²) in [4.78, 5) is 0. The van der Waals surface area contributed by atoms with Crippen LogP contribution in [0.25, 0.3) is 0 Å². The lowest BCUT2D eigenvalue weighted by molar-refractivity contribution is -0.0489. The summed E-state index contributed by atoms with van der Waals surface area (Å²) >= 11 is 1.97. The Morgan fingerprint density at radius 1 is 1.20 bits per heavy atom. The molecule has 4 heteroatoms. The Bertz CT molecular complexity index is 776. The van der Waals surface area contributed by atoms with Gasteiger partial charge in [0.1, 0.15) is 0 Å². The molecule has 4 aliphatic rings. The van der Waals surface area contributed by atoms with Crippen molar-refractivity contribution < 1.29 is 15.3 Å². The summed E-state index contributed by atoms with van der Waals surface area (Å²) in [6.07, 6.45) is 11.6. The highest BCUT2D eigenvalue weighted by Crippen LogP contribution is 2.64. The van der Waals surface area contributed by atoms with E-state index in [1.54, 1.807) is 5.57 Å². The van der Waals surface area contributed by atoms with Crippen molar-refractivity contribution in [3.8, 4) is 0 Å². The molecule has 0 aromatic rings. The highest BCUT2D eigenvalue weighted by Gasteiger charge is 2.57. The maximum atomic E-state index is 11.0. The first kappa shape index (κ1) is 22.6. The van der Waals surface area contributed by atoms with Crippen molar-refractivity contribution in [2.75, 3.05) is 5.75 Å². The van der Waals surface area contributed by atoms with Gasteiger partial charge in [0.15, 0.2) is 0 Å². The van der Waals surface area contributed by atoms with Gasteiger partial charge in [-0.3, -0.25) is 0 Å². The molecular weight excluding hydrogens is 392 g/mol. The van der Waals surface area contributed by atoms with Gasteiger partial charge < -0.3 is 15.3 Å². The summed E-state index contributed by atoms with van der Waals surface area (Å²) in [6, 6.07) is 0. The van der Waals surface area contributed by atoms with E-state index in [1.807, 2.05) is 25.6 Å². The van der Waals surface area contributed by atoms with Crippen molar-refractivity contribution >= 4 is 11.8 Å². The van der Waals surface area contributed by atoms with Crippen LogP contribution in [-0.2, 0) is 0 Å². The Kier molecular flexibility index (Phi) is 5.88. The highest BCUT2D eigenvalue weighted by molar-refractivity contribution is 8.00. The van der Waals surface area contributed by atoms with Crippen LogP contribution in [0.4, 0.5) is 0 Å². The molecule has 2 fully saturated rings. The number of aliphatic hydroxyl groups is 3. The molecule has 4 rings (SSSR count). The summed E-state index contributed by atoms with van der Waals surface area (Å²) in [7, 11) is 0. The fourth-order valence-corrected chi connectivity index (χ4v) is 8.39. The Morgan fingerprint density at radius 2 is 1.93 bits per heavy atom. The van der Waals surface area contributed by atoms with E-state index in [0.29, 0.717) is 29.9 Å². The summed E-state index contributed by atoms with van der Waals surface area (Å²) in [6.45, 7) is 10.8. The number of hydrogen-bond donors (Lipinski definition) is 3. The molecule has 0 aliphatic heterocycles. The van der Waals surface area contributed by atoms with Crippen molar-refractivity contribution in [3.63, 3.8) is 0 Å². The first-order chi connectivity index (χ1) is 14.0. The number of thioether (sulfide) groups is 1. The monoisotopic (exact) mass is 432 g/mol. The van der Waals surface area contributed by atoms with Crippen LogP contribution < -0.4 is 0 Å². The SMILES string of the molecule is CC(SCCC(C)(C)O)C1=CC[C@H]2C3=CC=C4CC(O)CC(O)[C@]4(C)[C@H]3CC[C@]12C.